The van der Waals surface area contributed by atoms with Crippen LogP contribution in [0.4, 0.5) is 26.3 Å². The number of methoxy groups -OCH3 is 1. The second-order valence-electron chi connectivity index (χ2n) is 8.35. The Morgan fingerprint density at radius 2 is 1.62 bits per heavy atom. The van der Waals surface area contributed by atoms with Gasteiger partial charge < -0.3 is 10.1 Å². The minimum Gasteiger partial charge on any atom is -0.364 e. The van der Waals surface area contributed by atoms with Gasteiger partial charge in [-0.05, 0) is 45.2 Å². The Hall–Kier alpha value is -2.75. The number of hydrogen-bond donors (Lipinski definition) is 1. The minimum atomic E-state index is -5.16. The van der Waals surface area contributed by atoms with Gasteiger partial charge in [0.2, 0.25) is 5.91 Å². The first-order valence-electron chi connectivity index (χ1n) is 10.7. The maximum absolute atomic E-state index is 14.6. The number of ether oxygens (including phenoxy) is 1. The van der Waals surface area contributed by atoms with E-state index in [2.05, 4.69) is 11.9 Å². The van der Waals surface area contributed by atoms with Crippen LogP contribution in [0.2, 0.25) is 10.0 Å². The maximum Gasteiger partial charge on any atom is 0.422 e. The van der Waals surface area contributed by atoms with Gasteiger partial charge in [0.1, 0.15) is 0 Å². The van der Waals surface area contributed by atoms with Gasteiger partial charge in [-0.25, -0.2) is 0 Å². The van der Waals surface area contributed by atoms with E-state index in [9.17, 15) is 31.1 Å². The van der Waals surface area contributed by atoms with Crippen LogP contribution in [-0.2, 0) is 27.9 Å². The highest BCUT2D eigenvalue weighted by atomic mass is 35.5. The van der Waals surface area contributed by atoms with Gasteiger partial charge in [-0.2, -0.15) is 26.3 Å². The number of nitrogens with one attached hydrogen (secondary N) is 1. The number of fused-ring (bicyclic) bond motifs is 1. The number of alkyl halides is 6. The second-order valence-corrected chi connectivity index (χ2v) is 9.14. The van der Waals surface area contributed by atoms with Crippen LogP contribution in [0.5, 0.6) is 0 Å². The molecule has 37 heavy (non-hydrogen) atoms. The number of hydrogen-bond acceptors (Lipinski definition) is 2. The lowest BCUT2D eigenvalue weighted by Crippen LogP contribution is -2.44. The van der Waals surface area contributed by atoms with Crippen LogP contribution in [0.1, 0.15) is 35.6 Å². The molecule has 11 heteroatoms. The quantitative estimate of drug-likeness (QED) is 0.293. The van der Waals surface area contributed by atoms with Crippen LogP contribution >= 0.6 is 23.2 Å². The van der Waals surface area contributed by atoms with Crippen molar-refractivity contribution in [2.24, 2.45) is 0 Å². The van der Waals surface area contributed by atoms with Crippen molar-refractivity contribution in [2.75, 3.05) is 7.11 Å². The predicted octanol–water partition coefficient (Wildman–Crippen LogP) is 8.31. The van der Waals surface area contributed by atoms with E-state index >= 15 is 0 Å². The summed E-state index contributed by atoms with van der Waals surface area (Å²) < 4.78 is 89.3. The Morgan fingerprint density at radius 1 is 1.00 bits per heavy atom. The summed E-state index contributed by atoms with van der Waals surface area (Å²) in [6, 6.07) is 11.0. The van der Waals surface area contributed by atoms with E-state index in [0.717, 1.165) is 18.7 Å². The first kappa shape index (κ1) is 28.8. The molecule has 0 saturated heterocycles. The summed E-state index contributed by atoms with van der Waals surface area (Å²) in [5, 5.41) is 2.28. The van der Waals surface area contributed by atoms with Crippen molar-refractivity contribution in [3.63, 3.8) is 0 Å². The van der Waals surface area contributed by atoms with Crippen LogP contribution in [0.3, 0.4) is 0 Å². The van der Waals surface area contributed by atoms with E-state index in [4.69, 9.17) is 27.9 Å². The molecule has 1 amide bonds. The van der Waals surface area contributed by atoms with Gasteiger partial charge in [0, 0.05) is 27.0 Å². The molecule has 0 bridgehead atoms. The van der Waals surface area contributed by atoms with Crippen molar-refractivity contribution in [3.8, 4) is 0 Å². The van der Waals surface area contributed by atoms with Crippen molar-refractivity contribution >= 4 is 45.5 Å². The molecule has 3 aromatic rings. The Balaban J connectivity index is 2.16. The Bertz CT molecular complexity index is 1350. The average molecular weight is 564 g/mol. The molecule has 0 spiro atoms. The fourth-order valence-corrected chi connectivity index (χ4v) is 4.58. The second kappa shape index (κ2) is 10.6. The minimum absolute atomic E-state index is 0.0407. The van der Waals surface area contributed by atoms with Gasteiger partial charge in [-0.3, -0.25) is 4.79 Å². The number of benzene rings is 3. The van der Waals surface area contributed by atoms with Crippen molar-refractivity contribution in [1.82, 2.24) is 5.32 Å². The monoisotopic (exact) mass is 563 g/mol. The summed E-state index contributed by atoms with van der Waals surface area (Å²) in [5.74, 6) is -0.257. The van der Waals surface area contributed by atoms with E-state index in [1.807, 2.05) is 0 Å². The third-order valence-electron chi connectivity index (χ3n) is 5.99. The molecule has 3 nitrogen and oxygen atoms in total. The fourth-order valence-electron chi connectivity index (χ4n) is 4.14. The highest BCUT2D eigenvalue weighted by molar-refractivity contribution is 6.42. The average Bonchev–Trinajstić information content (AvgIpc) is 2.80. The molecule has 1 atom stereocenters. The molecule has 198 valence electrons. The number of amides is 1. The van der Waals surface area contributed by atoms with Gasteiger partial charge in [0.25, 0.3) is 0 Å². The topological polar surface area (TPSA) is 38.3 Å². The molecule has 1 N–H and O–H groups in total. The summed E-state index contributed by atoms with van der Waals surface area (Å²) in [7, 11) is 0.755. The number of carbonyl (C=O) groups is 1. The van der Waals surface area contributed by atoms with E-state index in [-0.39, 0.29) is 18.0 Å². The summed E-state index contributed by atoms with van der Waals surface area (Å²) >= 11 is 11.5. The highest BCUT2D eigenvalue weighted by Gasteiger charge is 2.57. The molecule has 0 saturated carbocycles. The molecule has 0 aliphatic rings. The molecule has 0 radical (unpaired) electrons. The van der Waals surface area contributed by atoms with Gasteiger partial charge in [0.15, 0.2) is 5.60 Å². The van der Waals surface area contributed by atoms with Crippen LogP contribution in [0.25, 0.3) is 16.3 Å². The molecule has 0 aromatic heterocycles. The van der Waals surface area contributed by atoms with E-state index in [0.29, 0.717) is 22.4 Å². The van der Waals surface area contributed by atoms with Crippen molar-refractivity contribution in [3.05, 3.63) is 87.4 Å². The third kappa shape index (κ3) is 5.73. The van der Waals surface area contributed by atoms with Crippen molar-refractivity contribution in [1.29, 1.82) is 0 Å². The molecule has 1 unspecified atom stereocenters. The zero-order valence-electron chi connectivity index (χ0n) is 19.6. The van der Waals surface area contributed by atoms with E-state index in [1.54, 1.807) is 36.4 Å². The zero-order chi connectivity index (χ0) is 27.8. The van der Waals surface area contributed by atoms with Crippen molar-refractivity contribution in [2.45, 2.75) is 37.8 Å². The van der Waals surface area contributed by atoms with Gasteiger partial charge in [-0.1, -0.05) is 66.2 Å². The van der Waals surface area contributed by atoms with E-state index < -0.39 is 45.5 Å². The number of halogens is 8. The third-order valence-corrected chi connectivity index (χ3v) is 6.79. The summed E-state index contributed by atoms with van der Waals surface area (Å²) in [5.41, 5.74) is -4.58. The first-order chi connectivity index (χ1) is 17.1. The number of rotatable bonds is 7. The normalized spacial score (nSPS) is 13.9. The lowest BCUT2D eigenvalue weighted by molar-refractivity contribution is -0.274. The molecule has 0 aliphatic heterocycles. The smallest absolute Gasteiger partial charge is 0.364 e. The van der Waals surface area contributed by atoms with Crippen LogP contribution in [0, 0.1) is 0 Å². The summed E-state index contributed by atoms with van der Waals surface area (Å²) in [4.78, 5) is 11.3. The Morgan fingerprint density at radius 3 is 2.16 bits per heavy atom. The molecule has 3 rings (SSSR count). The highest BCUT2D eigenvalue weighted by Crippen LogP contribution is 2.51. The van der Waals surface area contributed by atoms with E-state index in [1.165, 1.54) is 6.92 Å². The Kier molecular flexibility index (Phi) is 8.22. The van der Waals surface area contributed by atoms with Crippen LogP contribution in [-0.4, -0.2) is 19.2 Å². The largest absolute Gasteiger partial charge is 0.422 e. The maximum atomic E-state index is 14.6. The van der Waals surface area contributed by atoms with Crippen molar-refractivity contribution < 1.29 is 35.9 Å². The van der Waals surface area contributed by atoms with Crippen LogP contribution < -0.4 is 5.32 Å². The lowest BCUT2D eigenvalue weighted by Gasteiger charge is -2.36. The number of carbonyl (C=O) groups excluding carboxylic acids is 1. The fraction of sp³-hybridized carbons (Fsp3) is 0.269. The standard InChI is InChI=1S/C26H21Cl2F6NO2/c1-14(18-9-8-16(13-35-15(2)36)19-6-4-5-7-20(18)19)12-24(37-3,26(32,33)34)17-10-21(25(29,30)31)23(28)22(27)11-17/h4-11H,1,12-13H2,2-3H3,(H,35,36). The van der Waals surface area contributed by atoms with Gasteiger partial charge in [-0.15, -0.1) is 0 Å². The molecule has 3 aromatic carbocycles. The van der Waals surface area contributed by atoms with Crippen LogP contribution in [0.15, 0.2) is 55.1 Å². The summed E-state index contributed by atoms with van der Waals surface area (Å²) in [6.07, 6.45) is -11.2. The summed E-state index contributed by atoms with van der Waals surface area (Å²) in [6.45, 7) is 5.38. The molecular formula is C26H21Cl2F6NO2. The first-order valence-corrected chi connectivity index (χ1v) is 11.5. The lowest BCUT2D eigenvalue weighted by atomic mass is 9.82. The van der Waals surface area contributed by atoms with Gasteiger partial charge in [0.05, 0.1) is 15.6 Å². The predicted molar refractivity (Wildman–Crippen MR) is 131 cm³/mol. The molecule has 0 aliphatic carbocycles. The molecule has 0 fully saturated rings. The van der Waals surface area contributed by atoms with Gasteiger partial charge >= 0.3 is 12.4 Å². The zero-order valence-corrected chi connectivity index (χ0v) is 21.1. The molecule has 0 heterocycles. The Labute approximate surface area is 219 Å². The molecular weight excluding hydrogens is 543 g/mol. The SMILES string of the molecule is C=C(CC(OC)(c1cc(Cl)c(Cl)c(C(F)(F)F)c1)C(F)(F)F)c1ccc(CNC(C)=O)c2ccccc12.